The first-order valence-electron chi connectivity index (χ1n) is 8.59. The Balaban J connectivity index is 1.93. The lowest BCUT2D eigenvalue weighted by molar-refractivity contribution is 0.135. The highest BCUT2D eigenvalue weighted by atomic mass is 32.2. The van der Waals surface area contributed by atoms with Gasteiger partial charge in [-0.3, -0.25) is 0 Å². The summed E-state index contributed by atoms with van der Waals surface area (Å²) in [5.41, 5.74) is 0. The van der Waals surface area contributed by atoms with Crippen LogP contribution in [0, 0.1) is 11.8 Å². The van der Waals surface area contributed by atoms with Gasteiger partial charge in [0.05, 0.1) is 11.5 Å². The fraction of sp³-hybridized carbons (Fsp3) is 1.00. The molecule has 0 radical (unpaired) electrons. The molecule has 2 fully saturated rings. The SMILES string of the molecule is CCNC1CCC(CC)CC1CN(C)C1CCS(=O)(=O)C1. The molecule has 0 bridgehead atoms. The lowest BCUT2D eigenvalue weighted by Gasteiger charge is -2.39. The zero-order chi connectivity index (χ0) is 15.5. The summed E-state index contributed by atoms with van der Waals surface area (Å²) in [5, 5.41) is 3.65. The molecule has 2 aliphatic rings. The maximum Gasteiger partial charge on any atom is 0.151 e. The summed E-state index contributed by atoms with van der Waals surface area (Å²) in [6.07, 6.45) is 5.99. The number of sulfone groups is 1. The molecule has 5 heteroatoms. The van der Waals surface area contributed by atoms with E-state index in [0.717, 1.165) is 25.4 Å². The zero-order valence-electron chi connectivity index (χ0n) is 13.8. The second kappa shape index (κ2) is 7.42. The van der Waals surface area contributed by atoms with Crippen molar-refractivity contribution in [3.63, 3.8) is 0 Å². The van der Waals surface area contributed by atoms with E-state index in [1.807, 2.05) is 0 Å². The van der Waals surface area contributed by atoms with Crippen LogP contribution in [0.25, 0.3) is 0 Å². The number of nitrogens with zero attached hydrogens (tertiary/aromatic N) is 1. The van der Waals surface area contributed by atoms with Crippen molar-refractivity contribution in [1.29, 1.82) is 0 Å². The van der Waals surface area contributed by atoms with Crippen LogP contribution in [-0.4, -0.2) is 57.0 Å². The predicted molar refractivity (Wildman–Crippen MR) is 88.3 cm³/mol. The average Bonchev–Trinajstić information content (AvgIpc) is 2.81. The van der Waals surface area contributed by atoms with Gasteiger partial charge in [-0.1, -0.05) is 20.3 Å². The second-order valence-electron chi connectivity index (χ2n) is 7.01. The van der Waals surface area contributed by atoms with E-state index in [0.29, 0.717) is 23.5 Å². The Morgan fingerprint density at radius 1 is 1.19 bits per heavy atom. The van der Waals surface area contributed by atoms with Gasteiger partial charge >= 0.3 is 0 Å². The van der Waals surface area contributed by atoms with Gasteiger partial charge in [0.2, 0.25) is 0 Å². The molecule has 0 amide bonds. The summed E-state index contributed by atoms with van der Waals surface area (Å²) in [6, 6.07) is 0.845. The minimum Gasteiger partial charge on any atom is -0.314 e. The molecule has 4 unspecified atom stereocenters. The fourth-order valence-electron chi connectivity index (χ4n) is 4.11. The molecule has 4 nitrogen and oxygen atoms in total. The van der Waals surface area contributed by atoms with Crippen LogP contribution < -0.4 is 5.32 Å². The molecule has 1 saturated heterocycles. The third-order valence-corrected chi connectivity index (χ3v) is 7.24. The summed E-state index contributed by atoms with van der Waals surface area (Å²) >= 11 is 0. The van der Waals surface area contributed by atoms with Crippen molar-refractivity contribution in [2.45, 2.75) is 58.0 Å². The van der Waals surface area contributed by atoms with Crippen molar-refractivity contribution in [1.82, 2.24) is 10.2 Å². The van der Waals surface area contributed by atoms with Crippen molar-refractivity contribution in [3.8, 4) is 0 Å². The van der Waals surface area contributed by atoms with Crippen molar-refractivity contribution in [2.75, 3.05) is 31.6 Å². The first kappa shape index (κ1) is 17.2. The molecule has 1 saturated carbocycles. The molecule has 0 aromatic carbocycles. The minimum absolute atomic E-state index is 0.235. The van der Waals surface area contributed by atoms with E-state index >= 15 is 0 Å². The van der Waals surface area contributed by atoms with E-state index in [9.17, 15) is 8.42 Å². The Morgan fingerprint density at radius 3 is 2.52 bits per heavy atom. The first-order valence-corrected chi connectivity index (χ1v) is 10.4. The van der Waals surface area contributed by atoms with Crippen molar-refractivity contribution in [2.24, 2.45) is 11.8 Å². The van der Waals surface area contributed by atoms with Crippen LogP contribution in [0.2, 0.25) is 0 Å². The predicted octanol–water partition coefficient (Wildman–Crippen LogP) is 1.91. The molecule has 124 valence electrons. The fourth-order valence-corrected chi connectivity index (χ4v) is 5.91. The second-order valence-corrected chi connectivity index (χ2v) is 9.24. The minimum atomic E-state index is -2.78. The quantitative estimate of drug-likeness (QED) is 0.813. The third-order valence-electron chi connectivity index (χ3n) is 5.49. The molecular weight excluding hydrogens is 284 g/mol. The normalized spacial score (nSPS) is 36.2. The van der Waals surface area contributed by atoms with Crippen LogP contribution in [0.5, 0.6) is 0 Å². The maximum atomic E-state index is 11.7. The van der Waals surface area contributed by atoms with E-state index in [1.54, 1.807) is 0 Å². The van der Waals surface area contributed by atoms with Gasteiger partial charge in [-0.2, -0.15) is 0 Å². The van der Waals surface area contributed by atoms with Gasteiger partial charge in [-0.25, -0.2) is 8.42 Å². The molecule has 4 atom stereocenters. The highest BCUT2D eigenvalue weighted by Crippen LogP contribution is 2.32. The van der Waals surface area contributed by atoms with Crippen LogP contribution in [0.4, 0.5) is 0 Å². The highest BCUT2D eigenvalue weighted by molar-refractivity contribution is 7.91. The topological polar surface area (TPSA) is 49.4 Å². The molecule has 0 aromatic rings. The van der Waals surface area contributed by atoms with Gasteiger partial charge < -0.3 is 10.2 Å². The molecule has 21 heavy (non-hydrogen) atoms. The molecule has 1 aliphatic carbocycles. The van der Waals surface area contributed by atoms with E-state index in [2.05, 4.69) is 31.1 Å². The van der Waals surface area contributed by atoms with Gasteiger partial charge in [-0.15, -0.1) is 0 Å². The molecule has 0 spiro atoms. The monoisotopic (exact) mass is 316 g/mol. The van der Waals surface area contributed by atoms with Crippen molar-refractivity contribution in [3.05, 3.63) is 0 Å². The molecule has 1 N–H and O–H groups in total. The van der Waals surface area contributed by atoms with Gasteiger partial charge in [-0.05, 0) is 51.1 Å². The summed E-state index contributed by atoms with van der Waals surface area (Å²) in [5.74, 6) is 2.25. The molecule has 1 aliphatic heterocycles. The smallest absolute Gasteiger partial charge is 0.151 e. The number of hydrogen-bond acceptors (Lipinski definition) is 4. The van der Waals surface area contributed by atoms with Crippen LogP contribution in [0.15, 0.2) is 0 Å². The highest BCUT2D eigenvalue weighted by Gasteiger charge is 2.34. The average molecular weight is 317 g/mol. The van der Waals surface area contributed by atoms with E-state index in [1.165, 1.54) is 25.7 Å². The maximum absolute atomic E-state index is 11.7. The Morgan fingerprint density at radius 2 is 1.95 bits per heavy atom. The summed E-state index contributed by atoms with van der Waals surface area (Å²) in [6.45, 7) is 6.53. The van der Waals surface area contributed by atoms with Gasteiger partial charge in [0.1, 0.15) is 0 Å². The number of rotatable bonds is 6. The first-order chi connectivity index (χ1) is 9.95. The Hall–Kier alpha value is -0.130. The van der Waals surface area contributed by atoms with Gasteiger partial charge in [0.15, 0.2) is 9.84 Å². The summed E-state index contributed by atoms with van der Waals surface area (Å²) < 4.78 is 23.3. The van der Waals surface area contributed by atoms with Crippen LogP contribution in [0.1, 0.15) is 46.0 Å². The molecule has 2 rings (SSSR count). The summed E-state index contributed by atoms with van der Waals surface area (Å²) in [7, 11) is -0.663. The standard InChI is InChI=1S/C16H32N2O2S/c1-4-13-6-7-16(17-5-2)14(10-13)11-18(3)15-8-9-21(19,20)12-15/h13-17H,4-12H2,1-3H3. The Kier molecular flexibility index (Phi) is 6.09. The van der Waals surface area contributed by atoms with Crippen molar-refractivity contribution >= 4 is 9.84 Å². The van der Waals surface area contributed by atoms with Gasteiger partial charge in [0, 0.05) is 18.6 Å². The zero-order valence-corrected chi connectivity index (χ0v) is 14.7. The van der Waals surface area contributed by atoms with Crippen molar-refractivity contribution < 1.29 is 8.42 Å². The van der Waals surface area contributed by atoms with Crippen LogP contribution in [-0.2, 0) is 9.84 Å². The molecule has 1 heterocycles. The Bertz CT molecular complexity index is 424. The van der Waals surface area contributed by atoms with Crippen LogP contribution in [0.3, 0.4) is 0 Å². The molecule has 0 aromatic heterocycles. The Labute approximate surface area is 130 Å². The van der Waals surface area contributed by atoms with E-state index in [-0.39, 0.29) is 6.04 Å². The van der Waals surface area contributed by atoms with Gasteiger partial charge in [0.25, 0.3) is 0 Å². The molecular formula is C16H32N2O2S. The summed E-state index contributed by atoms with van der Waals surface area (Å²) in [4.78, 5) is 2.32. The van der Waals surface area contributed by atoms with E-state index in [4.69, 9.17) is 0 Å². The largest absolute Gasteiger partial charge is 0.314 e. The lowest BCUT2D eigenvalue weighted by Crippen LogP contribution is -2.47. The number of hydrogen-bond donors (Lipinski definition) is 1. The van der Waals surface area contributed by atoms with Crippen LogP contribution >= 0.6 is 0 Å². The third kappa shape index (κ3) is 4.67. The lowest BCUT2D eigenvalue weighted by atomic mass is 9.76. The van der Waals surface area contributed by atoms with E-state index < -0.39 is 9.84 Å². The number of nitrogens with one attached hydrogen (secondary N) is 1.